The molecule has 0 atom stereocenters. The van der Waals surface area contributed by atoms with Gasteiger partial charge in [0.25, 0.3) is 0 Å². The zero-order valence-corrected chi connectivity index (χ0v) is 13.5. The molecule has 0 saturated heterocycles. The summed E-state index contributed by atoms with van der Waals surface area (Å²) in [6.45, 7) is 3.21. The molecule has 0 bridgehead atoms. The van der Waals surface area contributed by atoms with E-state index in [1.54, 1.807) is 18.6 Å². The SMILES string of the molecule is CC(C)(F)CNc1ncc2c(n1)CC=C2c1cnc2nccn2c1.[HH].[HH]. The molecule has 0 unspecified atom stereocenters. The first-order chi connectivity index (χ1) is 11.5. The number of rotatable bonds is 4. The number of halogens is 1. The van der Waals surface area contributed by atoms with E-state index in [0.717, 1.165) is 28.8 Å². The average molecular weight is 328 g/mol. The van der Waals surface area contributed by atoms with Crippen molar-refractivity contribution in [3.63, 3.8) is 0 Å². The maximum atomic E-state index is 13.6. The Morgan fingerprint density at radius 1 is 1.29 bits per heavy atom. The molecule has 1 N–H and O–H groups in total. The average Bonchev–Trinajstić information content (AvgIpc) is 3.17. The fourth-order valence-electron chi connectivity index (χ4n) is 2.71. The van der Waals surface area contributed by atoms with Gasteiger partial charge in [0.1, 0.15) is 5.67 Å². The molecule has 0 saturated carbocycles. The topological polar surface area (TPSA) is 68.0 Å². The number of nitrogens with one attached hydrogen (secondary N) is 1. The number of anilines is 1. The summed E-state index contributed by atoms with van der Waals surface area (Å²) in [4.78, 5) is 17.3. The van der Waals surface area contributed by atoms with Gasteiger partial charge in [0.2, 0.25) is 11.7 Å². The summed E-state index contributed by atoms with van der Waals surface area (Å²) in [5, 5.41) is 2.94. The minimum absolute atomic E-state index is 0. The van der Waals surface area contributed by atoms with E-state index in [1.807, 2.05) is 16.8 Å². The summed E-state index contributed by atoms with van der Waals surface area (Å²) in [7, 11) is 0. The zero-order chi connectivity index (χ0) is 16.7. The summed E-state index contributed by atoms with van der Waals surface area (Å²) in [6, 6.07) is 0. The lowest BCUT2D eigenvalue weighted by Gasteiger charge is -2.15. The monoisotopic (exact) mass is 328 g/mol. The molecule has 3 aromatic rings. The van der Waals surface area contributed by atoms with Crippen molar-refractivity contribution in [3.05, 3.63) is 53.9 Å². The van der Waals surface area contributed by atoms with Gasteiger partial charge < -0.3 is 5.32 Å². The number of hydrogen-bond donors (Lipinski definition) is 1. The fourth-order valence-corrected chi connectivity index (χ4v) is 2.71. The predicted molar refractivity (Wildman–Crippen MR) is 93.7 cm³/mol. The Balaban J connectivity index is 0.00000121. The highest BCUT2D eigenvalue weighted by atomic mass is 19.1. The zero-order valence-electron chi connectivity index (χ0n) is 13.5. The second kappa shape index (κ2) is 5.36. The Morgan fingerprint density at radius 3 is 3.00 bits per heavy atom. The maximum absolute atomic E-state index is 13.6. The van der Waals surface area contributed by atoms with E-state index < -0.39 is 5.67 Å². The third-order valence-electron chi connectivity index (χ3n) is 3.88. The van der Waals surface area contributed by atoms with Crippen LogP contribution in [0.5, 0.6) is 0 Å². The van der Waals surface area contributed by atoms with Gasteiger partial charge in [0.05, 0.1) is 12.2 Å². The van der Waals surface area contributed by atoms with Crippen LogP contribution in [0.25, 0.3) is 11.4 Å². The van der Waals surface area contributed by atoms with E-state index in [1.165, 1.54) is 13.8 Å². The normalized spacial score (nSPS) is 13.9. The molecule has 7 heteroatoms. The highest BCUT2D eigenvalue weighted by Crippen LogP contribution is 2.31. The highest BCUT2D eigenvalue weighted by molar-refractivity contribution is 5.83. The van der Waals surface area contributed by atoms with Crippen LogP contribution in [0.2, 0.25) is 0 Å². The maximum Gasteiger partial charge on any atom is 0.233 e. The quantitative estimate of drug-likeness (QED) is 0.797. The van der Waals surface area contributed by atoms with Crippen LogP contribution in [0.4, 0.5) is 10.3 Å². The van der Waals surface area contributed by atoms with Gasteiger partial charge in [-0.05, 0) is 19.4 Å². The van der Waals surface area contributed by atoms with Gasteiger partial charge in [0, 0.05) is 51.4 Å². The van der Waals surface area contributed by atoms with Gasteiger partial charge in [-0.1, -0.05) is 6.08 Å². The summed E-state index contributed by atoms with van der Waals surface area (Å²) in [5.74, 6) is 1.12. The van der Waals surface area contributed by atoms with Crippen molar-refractivity contribution < 1.29 is 7.24 Å². The summed E-state index contributed by atoms with van der Waals surface area (Å²) in [6.07, 6.45) is 12.0. The van der Waals surface area contributed by atoms with E-state index in [4.69, 9.17) is 0 Å². The fraction of sp³-hybridized carbons (Fsp3) is 0.294. The molecule has 4 rings (SSSR count). The number of nitrogens with zero attached hydrogens (tertiary/aromatic N) is 5. The lowest BCUT2D eigenvalue weighted by atomic mass is 10.1. The molecule has 0 amide bonds. The van der Waals surface area contributed by atoms with Crippen molar-refractivity contribution in [2.24, 2.45) is 0 Å². The number of allylic oxidation sites excluding steroid dienone is 1. The standard InChI is InChI=1S/C17H17FN6.2H2/c1-17(2,18)10-22-15-20-8-13-12(3-4-14(13)23-15)11-7-21-16-19-5-6-24(16)9-11;;/h3,5-9H,4,10H2,1-2H3,(H,20,22,23);2*1H. The van der Waals surface area contributed by atoms with Gasteiger partial charge in [-0.3, -0.25) is 4.40 Å². The highest BCUT2D eigenvalue weighted by Gasteiger charge is 2.20. The summed E-state index contributed by atoms with van der Waals surface area (Å²) >= 11 is 0. The van der Waals surface area contributed by atoms with Crippen LogP contribution in [-0.2, 0) is 6.42 Å². The molecule has 0 spiro atoms. The van der Waals surface area contributed by atoms with Crippen molar-refractivity contribution in [1.29, 1.82) is 0 Å². The van der Waals surface area contributed by atoms with E-state index in [0.29, 0.717) is 11.7 Å². The number of aromatic nitrogens is 5. The van der Waals surface area contributed by atoms with Crippen LogP contribution in [-0.4, -0.2) is 36.6 Å². The number of fused-ring (bicyclic) bond motifs is 2. The van der Waals surface area contributed by atoms with Gasteiger partial charge in [-0.15, -0.1) is 0 Å². The molecule has 24 heavy (non-hydrogen) atoms. The van der Waals surface area contributed by atoms with Gasteiger partial charge in [-0.25, -0.2) is 24.3 Å². The smallest absolute Gasteiger partial charge is 0.233 e. The van der Waals surface area contributed by atoms with Crippen molar-refractivity contribution >= 4 is 17.3 Å². The van der Waals surface area contributed by atoms with Crippen molar-refractivity contribution in [2.45, 2.75) is 25.9 Å². The molecular weight excluding hydrogens is 307 g/mol. The Hall–Kier alpha value is -2.83. The molecule has 0 aromatic carbocycles. The molecule has 3 heterocycles. The minimum Gasteiger partial charge on any atom is -0.351 e. The first kappa shape index (κ1) is 14.7. The molecule has 126 valence electrons. The number of hydrogen-bond acceptors (Lipinski definition) is 5. The Kier molecular flexibility index (Phi) is 3.30. The summed E-state index contributed by atoms with van der Waals surface area (Å²) < 4.78 is 15.5. The molecular formula is C17H21FN6. The molecule has 1 aliphatic carbocycles. The molecule has 0 radical (unpaired) electrons. The van der Waals surface area contributed by atoms with Crippen LogP contribution in [0.3, 0.4) is 0 Å². The largest absolute Gasteiger partial charge is 0.351 e. The first-order valence-electron chi connectivity index (χ1n) is 7.78. The van der Waals surface area contributed by atoms with E-state index in [2.05, 4.69) is 31.3 Å². The third-order valence-corrected chi connectivity index (χ3v) is 3.88. The molecule has 0 aliphatic heterocycles. The van der Waals surface area contributed by atoms with Crippen LogP contribution in [0, 0.1) is 0 Å². The van der Waals surface area contributed by atoms with E-state index >= 15 is 0 Å². The predicted octanol–water partition coefficient (Wildman–Crippen LogP) is 3.16. The van der Waals surface area contributed by atoms with Crippen molar-refractivity contribution in [3.8, 4) is 0 Å². The van der Waals surface area contributed by atoms with Crippen LogP contribution in [0.1, 0.15) is 33.5 Å². The van der Waals surface area contributed by atoms with Gasteiger partial charge in [-0.2, -0.15) is 0 Å². The minimum atomic E-state index is -1.31. The molecule has 0 fully saturated rings. The van der Waals surface area contributed by atoms with Gasteiger partial charge in [0.15, 0.2) is 0 Å². The molecule has 1 aliphatic rings. The molecule has 3 aromatic heterocycles. The van der Waals surface area contributed by atoms with Crippen molar-refractivity contribution in [1.82, 2.24) is 24.3 Å². The second-order valence-corrected chi connectivity index (χ2v) is 6.43. The first-order valence-corrected chi connectivity index (χ1v) is 7.78. The Labute approximate surface area is 141 Å². The Bertz CT molecular complexity index is 948. The number of imidazole rings is 1. The van der Waals surface area contributed by atoms with Crippen LogP contribution < -0.4 is 5.32 Å². The Morgan fingerprint density at radius 2 is 2.17 bits per heavy atom. The van der Waals surface area contributed by atoms with E-state index in [-0.39, 0.29) is 9.40 Å². The van der Waals surface area contributed by atoms with Crippen molar-refractivity contribution in [2.75, 3.05) is 11.9 Å². The lowest BCUT2D eigenvalue weighted by Crippen LogP contribution is -2.25. The molecule has 6 nitrogen and oxygen atoms in total. The second-order valence-electron chi connectivity index (χ2n) is 6.43. The lowest BCUT2D eigenvalue weighted by molar-refractivity contribution is 0.234. The summed E-state index contributed by atoms with van der Waals surface area (Å²) in [5.41, 5.74) is 2.67. The van der Waals surface area contributed by atoms with E-state index in [9.17, 15) is 4.39 Å². The number of alkyl halides is 1. The third kappa shape index (κ3) is 2.73. The van der Waals surface area contributed by atoms with Crippen LogP contribution >= 0.6 is 0 Å². The van der Waals surface area contributed by atoms with Crippen LogP contribution in [0.15, 0.2) is 37.1 Å². The van der Waals surface area contributed by atoms with Gasteiger partial charge >= 0.3 is 0 Å².